The van der Waals surface area contributed by atoms with Crippen molar-refractivity contribution in [3.8, 4) is 0 Å². The van der Waals surface area contributed by atoms with E-state index in [-0.39, 0.29) is 5.56 Å². The van der Waals surface area contributed by atoms with Gasteiger partial charge in [-0.15, -0.1) is 0 Å². The third-order valence-corrected chi connectivity index (χ3v) is 3.62. The van der Waals surface area contributed by atoms with Gasteiger partial charge in [0.05, 0.1) is 17.8 Å². The van der Waals surface area contributed by atoms with Gasteiger partial charge in [0.25, 0.3) is 5.56 Å². The van der Waals surface area contributed by atoms with Crippen LogP contribution in [0.5, 0.6) is 0 Å². The molecule has 0 saturated carbocycles. The highest BCUT2D eigenvalue weighted by atomic mass is 16.2. The van der Waals surface area contributed by atoms with Gasteiger partial charge in [-0.3, -0.25) is 19.0 Å². The first-order valence-corrected chi connectivity index (χ1v) is 6.83. The van der Waals surface area contributed by atoms with Crippen molar-refractivity contribution in [1.29, 1.82) is 0 Å². The van der Waals surface area contributed by atoms with Gasteiger partial charge in [-0.05, 0) is 12.5 Å². The van der Waals surface area contributed by atoms with Gasteiger partial charge in [0.15, 0.2) is 0 Å². The lowest BCUT2D eigenvalue weighted by Gasteiger charge is -2.05. The molecule has 6 heteroatoms. The first-order chi connectivity index (χ1) is 10.1. The Labute approximate surface area is 120 Å². The number of H-pyrrole nitrogens is 1. The zero-order valence-electron chi connectivity index (χ0n) is 12.0. The zero-order chi connectivity index (χ0) is 15.0. The van der Waals surface area contributed by atoms with E-state index in [1.165, 1.54) is 4.57 Å². The van der Waals surface area contributed by atoms with Crippen LogP contribution in [0.15, 0.2) is 40.1 Å². The van der Waals surface area contributed by atoms with Crippen LogP contribution in [-0.4, -0.2) is 19.3 Å². The van der Waals surface area contributed by atoms with Crippen molar-refractivity contribution in [3.05, 3.63) is 62.6 Å². The first-order valence-electron chi connectivity index (χ1n) is 6.83. The zero-order valence-corrected chi connectivity index (χ0v) is 12.0. The van der Waals surface area contributed by atoms with Gasteiger partial charge in [-0.2, -0.15) is 5.10 Å². The number of hydrogen-bond donors (Lipinski definition) is 1. The molecule has 3 rings (SSSR count). The van der Waals surface area contributed by atoms with Gasteiger partial charge in [0, 0.05) is 24.2 Å². The molecular weight excluding hydrogens is 268 g/mol. The Morgan fingerprint density at radius 3 is 2.76 bits per heavy atom. The van der Waals surface area contributed by atoms with Gasteiger partial charge >= 0.3 is 5.69 Å². The Bertz CT molecular complexity index is 917. The van der Waals surface area contributed by atoms with Gasteiger partial charge in [-0.25, -0.2) is 4.79 Å². The number of rotatable bonds is 3. The highest BCUT2D eigenvalue weighted by molar-refractivity contribution is 5.81. The molecule has 21 heavy (non-hydrogen) atoms. The van der Waals surface area contributed by atoms with Crippen LogP contribution >= 0.6 is 0 Å². The van der Waals surface area contributed by atoms with Crippen LogP contribution in [-0.2, 0) is 20.0 Å². The Morgan fingerprint density at radius 2 is 2.00 bits per heavy atom. The summed E-state index contributed by atoms with van der Waals surface area (Å²) >= 11 is 0. The van der Waals surface area contributed by atoms with E-state index >= 15 is 0 Å². The summed E-state index contributed by atoms with van der Waals surface area (Å²) in [6.07, 6.45) is 2.20. The summed E-state index contributed by atoms with van der Waals surface area (Å²) < 4.78 is 3.29. The minimum absolute atomic E-state index is 0.315. The topological polar surface area (TPSA) is 72.7 Å². The summed E-state index contributed by atoms with van der Waals surface area (Å²) in [5, 5.41) is 5.48. The summed E-state index contributed by atoms with van der Waals surface area (Å²) in [4.78, 5) is 25.9. The number of nitrogens with zero attached hydrogens (tertiary/aromatic N) is 3. The van der Waals surface area contributed by atoms with Crippen LogP contribution in [0, 0.1) is 0 Å². The number of para-hydroxylation sites is 1. The normalized spacial score (nSPS) is 11.1. The molecule has 0 bridgehead atoms. The van der Waals surface area contributed by atoms with Gasteiger partial charge in [-0.1, -0.05) is 25.1 Å². The predicted molar refractivity (Wildman–Crippen MR) is 80.5 cm³/mol. The van der Waals surface area contributed by atoms with Crippen LogP contribution in [0.1, 0.15) is 18.2 Å². The maximum atomic E-state index is 11.9. The van der Waals surface area contributed by atoms with Crippen molar-refractivity contribution in [1.82, 2.24) is 19.3 Å². The third kappa shape index (κ3) is 2.29. The number of nitrogens with one attached hydrogen (secondary N) is 1. The van der Waals surface area contributed by atoms with Gasteiger partial charge in [0.1, 0.15) is 0 Å². The molecule has 108 valence electrons. The Kier molecular flexibility index (Phi) is 3.21. The summed E-state index contributed by atoms with van der Waals surface area (Å²) in [5.74, 6) is 0. The Hall–Kier alpha value is -2.63. The number of benzene rings is 1. The average molecular weight is 284 g/mol. The Balaban J connectivity index is 2.11. The molecule has 0 atom stereocenters. The van der Waals surface area contributed by atoms with Gasteiger partial charge < -0.3 is 0 Å². The van der Waals surface area contributed by atoms with Crippen molar-refractivity contribution in [3.63, 3.8) is 0 Å². The molecule has 0 saturated heterocycles. The molecule has 0 spiro atoms. The fourth-order valence-corrected chi connectivity index (χ4v) is 2.49. The van der Waals surface area contributed by atoms with E-state index in [0.717, 1.165) is 16.6 Å². The maximum absolute atomic E-state index is 11.9. The molecule has 2 aromatic heterocycles. The van der Waals surface area contributed by atoms with Crippen LogP contribution < -0.4 is 11.2 Å². The number of aryl methyl sites for hydroxylation is 2. The molecule has 1 N–H and O–H groups in total. The molecule has 0 radical (unpaired) electrons. The fraction of sp³-hybridized carbons (Fsp3) is 0.267. The minimum atomic E-state index is -0.410. The minimum Gasteiger partial charge on any atom is -0.294 e. The monoisotopic (exact) mass is 284 g/mol. The van der Waals surface area contributed by atoms with Crippen molar-refractivity contribution < 1.29 is 0 Å². The molecule has 1 aromatic carbocycles. The van der Waals surface area contributed by atoms with Crippen LogP contribution in [0.25, 0.3) is 10.9 Å². The third-order valence-electron chi connectivity index (χ3n) is 3.62. The van der Waals surface area contributed by atoms with E-state index in [1.807, 2.05) is 38.2 Å². The quantitative estimate of drug-likeness (QED) is 0.781. The second kappa shape index (κ2) is 5.05. The second-order valence-corrected chi connectivity index (χ2v) is 4.98. The molecule has 0 fully saturated rings. The van der Waals surface area contributed by atoms with Crippen molar-refractivity contribution in [2.75, 3.05) is 0 Å². The molecular formula is C15H16N4O2. The van der Waals surface area contributed by atoms with Crippen LogP contribution in [0.3, 0.4) is 0 Å². The van der Waals surface area contributed by atoms with Gasteiger partial charge in [0.2, 0.25) is 0 Å². The van der Waals surface area contributed by atoms with E-state index in [4.69, 9.17) is 0 Å². The molecule has 3 aromatic rings. The van der Waals surface area contributed by atoms with Crippen molar-refractivity contribution >= 4 is 10.9 Å². The molecule has 0 amide bonds. The standard InChI is InChI=1S/C15H16N4O2/c1-3-10-8-19(15(21)16-14(10)20)9-12-11-6-4-5-7-13(11)18(2)17-12/h4-8H,3,9H2,1-2H3,(H,16,20,21). The molecule has 2 heterocycles. The lowest BCUT2D eigenvalue weighted by atomic mass is 10.2. The fourth-order valence-electron chi connectivity index (χ4n) is 2.49. The number of aromatic amines is 1. The molecule has 6 nitrogen and oxygen atoms in total. The number of hydrogen-bond acceptors (Lipinski definition) is 3. The smallest absolute Gasteiger partial charge is 0.294 e. The number of aromatic nitrogens is 4. The van der Waals surface area contributed by atoms with E-state index in [0.29, 0.717) is 18.5 Å². The van der Waals surface area contributed by atoms with Crippen LogP contribution in [0.2, 0.25) is 0 Å². The molecule has 0 aliphatic heterocycles. The van der Waals surface area contributed by atoms with E-state index in [1.54, 1.807) is 10.9 Å². The van der Waals surface area contributed by atoms with E-state index in [9.17, 15) is 9.59 Å². The van der Waals surface area contributed by atoms with Crippen molar-refractivity contribution in [2.45, 2.75) is 19.9 Å². The molecule has 0 aliphatic rings. The lowest BCUT2D eigenvalue weighted by molar-refractivity contribution is 0.673. The van der Waals surface area contributed by atoms with E-state index < -0.39 is 5.69 Å². The summed E-state index contributed by atoms with van der Waals surface area (Å²) in [5.41, 5.74) is 1.69. The molecule has 0 aliphatic carbocycles. The SMILES string of the molecule is CCc1cn(Cc2nn(C)c3ccccc23)c(=O)[nH]c1=O. The highest BCUT2D eigenvalue weighted by Crippen LogP contribution is 2.17. The first kappa shape index (κ1) is 13.4. The number of fused-ring (bicyclic) bond motifs is 1. The van der Waals surface area contributed by atoms with Crippen molar-refractivity contribution in [2.24, 2.45) is 7.05 Å². The highest BCUT2D eigenvalue weighted by Gasteiger charge is 2.10. The Morgan fingerprint density at radius 1 is 1.24 bits per heavy atom. The molecule has 0 unspecified atom stereocenters. The summed E-state index contributed by atoms with van der Waals surface area (Å²) in [6, 6.07) is 7.86. The van der Waals surface area contributed by atoms with E-state index in [2.05, 4.69) is 10.1 Å². The summed E-state index contributed by atoms with van der Waals surface area (Å²) in [7, 11) is 1.87. The summed E-state index contributed by atoms with van der Waals surface area (Å²) in [6.45, 7) is 2.22. The second-order valence-electron chi connectivity index (χ2n) is 4.98. The average Bonchev–Trinajstić information content (AvgIpc) is 2.79. The van der Waals surface area contributed by atoms with Crippen LogP contribution in [0.4, 0.5) is 0 Å². The largest absolute Gasteiger partial charge is 0.328 e. The predicted octanol–water partition coefficient (Wildman–Crippen LogP) is 1.03. The lowest BCUT2D eigenvalue weighted by Crippen LogP contribution is -2.32. The maximum Gasteiger partial charge on any atom is 0.328 e.